The highest BCUT2D eigenvalue weighted by atomic mass is 32.2. The predicted octanol–water partition coefficient (Wildman–Crippen LogP) is 6.71. The number of likely N-dealkylation sites (tertiary alicyclic amines) is 1. The van der Waals surface area contributed by atoms with Gasteiger partial charge >= 0.3 is 25.6 Å². The molecule has 0 saturated carbocycles. The molecule has 0 radical (unpaired) electrons. The van der Waals surface area contributed by atoms with E-state index in [0.29, 0.717) is 5.56 Å². The lowest BCUT2D eigenvalue weighted by Crippen LogP contribution is -2.75. The summed E-state index contributed by atoms with van der Waals surface area (Å²) >= 11 is 1.07. The van der Waals surface area contributed by atoms with Gasteiger partial charge in [0.25, 0.3) is 16.8 Å². The molecule has 1 aliphatic heterocycles. The number of carbonyl (C=O) groups excluding carboxylic acids is 4. The van der Waals surface area contributed by atoms with Crippen LogP contribution in [0.1, 0.15) is 66.0 Å². The summed E-state index contributed by atoms with van der Waals surface area (Å²) < 4.78 is 33.4. The summed E-state index contributed by atoms with van der Waals surface area (Å²) in [4.78, 5) is 76.4. The molecule has 1 fully saturated rings. The number of nitrogens with zero attached hydrogens (tertiary/aromatic N) is 3. The third kappa shape index (κ3) is 11.2. The van der Waals surface area contributed by atoms with Crippen LogP contribution in [0.2, 0.25) is 0 Å². The number of thioether (sulfide) groups is 1. The molecule has 0 spiro atoms. The molecule has 0 bridgehead atoms. The fraction of sp³-hybridized carbons (Fsp3) is 0.514. The van der Waals surface area contributed by atoms with Crippen LogP contribution in [0.15, 0.2) is 48.5 Å². The molecule has 1 saturated heterocycles. The van der Waals surface area contributed by atoms with Gasteiger partial charge in [-0.05, 0) is 51.5 Å². The molecule has 1 amide bonds. The Balaban J connectivity index is 2.03. The summed E-state index contributed by atoms with van der Waals surface area (Å²) in [5.41, 5.74) is -0.194. The summed E-state index contributed by atoms with van der Waals surface area (Å²) in [7, 11) is -3.91. The Kier molecular flexibility index (Phi) is 15.9. The largest absolute Gasteiger partial charge is 0.508 e. The van der Waals surface area contributed by atoms with Gasteiger partial charge in [0.05, 0.1) is 48.2 Å². The third-order valence-electron chi connectivity index (χ3n) is 8.01. The Morgan fingerprint density at radius 2 is 1.50 bits per heavy atom. The van der Waals surface area contributed by atoms with Gasteiger partial charge in [0, 0.05) is 22.9 Å². The minimum Gasteiger partial charge on any atom is -0.453 e. The predicted molar refractivity (Wildman–Crippen MR) is 199 cm³/mol. The first-order chi connectivity index (χ1) is 25.4. The summed E-state index contributed by atoms with van der Waals surface area (Å²) in [6, 6.07) is 11.1. The number of rotatable bonds is 19. The van der Waals surface area contributed by atoms with Crippen LogP contribution in [-0.2, 0) is 55.4 Å². The van der Waals surface area contributed by atoms with Crippen molar-refractivity contribution < 1.29 is 61.3 Å². The normalized spacial score (nSPS) is 17.5. The molecule has 17 nitrogen and oxygen atoms in total. The number of ether oxygens (including phenoxy) is 3. The van der Waals surface area contributed by atoms with Crippen molar-refractivity contribution in [2.75, 3.05) is 32.9 Å². The van der Waals surface area contributed by atoms with Gasteiger partial charge in [0.1, 0.15) is 25.9 Å². The van der Waals surface area contributed by atoms with Gasteiger partial charge in [-0.25, -0.2) is 18.9 Å². The maximum Gasteiger partial charge on any atom is 0.508 e. The van der Waals surface area contributed by atoms with Crippen molar-refractivity contribution in [2.24, 2.45) is 5.92 Å². The lowest BCUT2D eigenvalue weighted by molar-refractivity contribution is -0.799. The van der Waals surface area contributed by atoms with Crippen LogP contribution in [0.3, 0.4) is 0 Å². The molecular formula is C35H47N3O14PS+. The van der Waals surface area contributed by atoms with Crippen LogP contribution in [0.4, 0.5) is 16.2 Å². The summed E-state index contributed by atoms with van der Waals surface area (Å²) in [5.74, 6) is -2.68. The van der Waals surface area contributed by atoms with Gasteiger partial charge in [-0.2, -0.15) is 0 Å². The minimum absolute atomic E-state index is 0.00867. The zero-order valence-electron chi connectivity index (χ0n) is 31.3. The van der Waals surface area contributed by atoms with Crippen molar-refractivity contribution >= 4 is 59.3 Å². The van der Waals surface area contributed by atoms with E-state index in [2.05, 4.69) is 0 Å². The van der Waals surface area contributed by atoms with E-state index in [0.717, 1.165) is 11.8 Å². The number of hydrogen-bond acceptors (Lipinski definition) is 15. The number of esters is 1. The second-order valence-corrected chi connectivity index (χ2v) is 17.1. The van der Waals surface area contributed by atoms with Crippen molar-refractivity contribution in [3.8, 4) is 0 Å². The van der Waals surface area contributed by atoms with Gasteiger partial charge in [-0.15, -0.1) is 0 Å². The highest BCUT2D eigenvalue weighted by Gasteiger charge is 2.65. The Hall–Kier alpha value is -4.19. The maximum absolute atomic E-state index is 14.6. The number of benzene rings is 2. The summed E-state index contributed by atoms with van der Waals surface area (Å²) in [6.45, 7) is 10.8. The fourth-order valence-corrected chi connectivity index (χ4v) is 9.22. The topological polar surface area (TPSA) is 210 Å². The van der Waals surface area contributed by atoms with E-state index in [-0.39, 0.29) is 73.4 Å². The van der Waals surface area contributed by atoms with Crippen LogP contribution in [0.5, 0.6) is 0 Å². The molecule has 19 heteroatoms. The van der Waals surface area contributed by atoms with Gasteiger partial charge in [-0.1, -0.05) is 44.7 Å². The molecule has 1 heterocycles. The van der Waals surface area contributed by atoms with E-state index in [1.165, 1.54) is 49.4 Å². The molecule has 2 aromatic carbocycles. The average molecular weight is 797 g/mol. The second-order valence-electron chi connectivity index (χ2n) is 13.0. The molecule has 3 atom stereocenters. The average Bonchev–Trinajstić information content (AvgIpc) is 3.10. The number of non-ortho nitro benzene ring substituents is 1. The standard InChI is InChI=1S/C35H47N3O14PS/c1-8-49-53(50-9-2,51-10-3)32(33(41)47-23-26-13-11-12-14-29(26)37(45)46)38(20-19-30(39)54-35(5,6)7)21-28(31(38)40)24(4)52-34(42)48-22-25-15-17-27(18-16-25)36(43)44/h11-18,24,28H,8-10,19-23H2,1-7H3/q+1. The van der Waals surface area contributed by atoms with E-state index >= 15 is 0 Å². The zero-order chi connectivity index (χ0) is 40.3. The molecule has 0 aliphatic carbocycles. The zero-order valence-corrected chi connectivity index (χ0v) is 33.1. The molecule has 0 aromatic heterocycles. The van der Waals surface area contributed by atoms with Gasteiger partial charge in [-0.3, -0.25) is 25.0 Å². The van der Waals surface area contributed by atoms with Crippen LogP contribution in [0, 0.1) is 26.1 Å². The van der Waals surface area contributed by atoms with Crippen LogP contribution >= 0.6 is 19.3 Å². The lowest BCUT2D eigenvalue weighted by Gasteiger charge is -2.49. The number of carbonyl (C=O) groups is 4. The van der Waals surface area contributed by atoms with Gasteiger partial charge < -0.3 is 27.8 Å². The van der Waals surface area contributed by atoms with Crippen molar-refractivity contribution in [1.82, 2.24) is 0 Å². The first-order valence-electron chi connectivity index (χ1n) is 17.2. The van der Waals surface area contributed by atoms with E-state index in [4.69, 9.17) is 27.8 Å². The number of β-lactam (4-membered cyclic amide) rings is 1. The SMILES string of the molecule is CCOP(OCC)(OCC)=C(C(=O)OCc1ccccc1[N+](=O)[O-])[N+]1(CCC(=O)SC(C)(C)C)CC(C(C)OC(=O)OCc2ccc([N+](=O)[O-])cc2)C1=O. The molecule has 1 aliphatic rings. The number of para-hydroxylation sites is 1. The van der Waals surface area contributed by atoms with Gasteiger partial charge in [0.2, 0.25) is 0 Å². The second kappa shape index (κ2) is 19.4. The van der Waals surface area contributed by atoms with E-state index < -0.39 is 63.3 Å². The molecule has 3 unspecified atom stereocenters. The van der Waals surface area contributed by atoms with E-state index in [1.54, 1.807) is 26.8 Å². The Labute approximate surface area is 317 Å². The number of hydrogen-bond donors (Lipinski definition) is 0. The summed E-state index contributed by atoms with van der Waals surface area (Å²) in [5, 5.41) is 22.4. The third-order valence-corrected chi connectivity index (χ3v) is 11.9. The van der Waals surface area contributed by atoms with E-state index in [1.807, 2.05) is 20.8 Å². The Morgan fingerprint density at radius 1 is 0.907 bits per heavy atom. The highest BCUT2D eigenvalue weighted by Crippen LogP contribution is 2.56. The smallest absolute Gasteiger partial charge is 0.453 e. The minimum atomic E-state index is -3.91. The maximum atomic E-state index is 14.6. The lowest BCUT2D eigenvalue weighted by atomic mass is 9.88. The molecule has 54 heavy (non-hydrogen) atoms. The number of nitro benzene ring substituents is 2. The number of quaternary nitrogens is 1. The molecule has 2 aromatic rings. The first kappa shape index (κ1) is 44.2. The Bertz CT molecular complexity index is 1740. The summed E-state index contributed by atoms with van der Waals surface area (Å²) in [6.07, 6.45) is -2.35. The fourth-order valence-electron chi connectivity index (χ4n) is 5.70. The van der Waals surface area contributed by atoms with Crippen LogP contribution in [0.25, 0.3) is 0 Å². The van der Waals surface area contributed by atoms with Crippen molar-refractivity contribution in [3.05, 3.63) is 79.9 Å². The van der Waals surface area contributed by atoms with E-state index in [9.17, 15) is 39.4 Å². The van der Waals surface area contributed by atoms with Crippen molar-refractivity contribution in [1.29, 1.82) is 0 Å². The monoisotopic (exact) mass is 796 g/mol. The molecule has 0 N–H and O–H groups in total. The number of amides is 1. The molecule has 296 valence electrons. The van der Waals surface area contributed by atoms with Crippen LogP contribution in [-0.4, -0.2) is 86.7 Å². The van der Waals surface area contributed by atoms with Crippen molar-refractivity contribution in [2.45, 2.75) is 79.0 Å². The quantitative estimate of drug-likeness (QED) is 0.0361. The Morgan fingerprint density at radius 3 is 2.02 bits per heavy atom. The van der Waals surface area contributed by atoms with Crippen molar-refractivity contribution in [3.63, 3.8) is 0 Å². The molecule has 3 rings (SSSR count). The highest BCUT2D eigenvalue weighted by molar-refractivity contribution is 8.14. The first-order valence-corrected chi connectivity index (χ1v) is 19.6. The number of nitro groups is 2. The van der Waals surface area contributed by atoms with Crippen LogP contribution < -0.4 is 0 Å². The van der Waals surface area contributed by atoms with Gasteiger partial charge in [0.15, 0.2) is 11.0 Å². The molecular weight excluding hydrogens is 749 g/mol.